The molecule has 5 rings (SSSR count). The molecule has 2 aromatic rings. The molecule has 2 fully saturated rings. The zero-order valence-electron chi connectivity index (χ0n) is 20.0. The molecule has 2 aromatic heterocycles. The number of pyridine rings is 1. The normalized spacial score (nSPS) is 27.8. The van der Waals surface area contributed by atoms with Crippen molar-refractivity contribution in [3.63, 3.8) is 0 Å². The van der Waals surface area contributed by atoms with Gasteiger partial charge in [0.15, 0.2) is 0 Å². The molecule has 5 nitrogen and oxygen atoms in total. The molecule has 1 aliphatic heterocycles. The third-order valence-electron chi connectivity index (χ3n) is 7.96. The molecule has 3 heterocycles. The van der Waals surface area contributed by atoms with Gasteiger partial charge in [0.2, 0.25) is 0 Å². The number of hydrogen-bond donors (Lipinski definition) is 0. The van der Waals surface area contributed by atoms with Crippen molar-refractivity contribution in [2.45, 2.75) is 76.4 Å². The maximum Gasteiger partial charge on any atom is 0.131 e. The van der Waals surface area contributed by atoms with Gasteiger partial charge in [-0.15, -0.1) is 17.3 Å². The maximum atomic E-state index is 6.73. The fraction of sp³-hybridized carbons (Fsp3) is 0.667. The van der Waals surface area contributed by atoms with Crippen LogP contribution >= 0.6 is 11.3 Å². The molecular formula is C27H36N2O3S. The van der Waals surface area contributed by atoms with Crippen molar-refractivity contribution in [2.24, 2.45) is 0 Å². The number of hydrogen-bond acceptors (Lipinski definition) is 6. The summed E-state index contributed by atoms with van der Waals surface area (Å²) in [5.41, 5.74) is 1.75. The second-order valence-corrected chi connectivity index (χ2v) is 10.7. The van der Waals surface area contributed by atoms with Crippen LogP contribution in [0.25, 0.3) is 10.2 Å². The van der Waals surface area contributed by atoms with Crippen LogP contribution in [0.1, 0.15) is 68.7 Å². The summed E-state index contributed by atoms with van der Waals surface area (Å²) in [6.07, 6.45) is 10.3. The fourth-order valence-electron chi connectivity index (χ4n) is 6.08. The highest BCUT2D eigenvalue weighted by Gasteiger charge is 2.40. The standard InChI is InChI=1S/C27H36N2O3S/c1-3-5-16-31-19-20-6-7-23-24(20)25-22(10-13-28-26(25)33-23)32-21-8-11-27(4-2,12-9-21)29-14-17-30-18-15-29/h10,13,20-21H,4,6-9,11-12,14-19H2,1-2H3/t20-,21?,27?/m1/s1. The van der Waals surface area contributed by atoms with E-state index in [1.165, 1.54) is 35.1 Å². The van der Waals surface area contributed by atoms with E-state index in [2.05, 4.69) is 29.7 Å². The smallest absolute Gasteiger partial charge is 0.131 e. The van der Waals surface area contributed by atoms with Gasteiger partial charge >= 0.3 is 0 Å². The Balaban J connectivity index is 1.30. The number of aromatic nitrogens is 1. The molecule has 1 atom stereocenters. The lowest BCUT2D eigenvalue weighted by molar-refractivity contribution is -0.0510. The van der Waals surface area contributed by atoms with Gasteiger partial charge in [0.25, 0.3) is 0 Å². The van der Waals surface area contributed by atoms with Gasteiger partial charge in [-0.25, -0.2) is 4.98 Å². The van der Waals surface area contributed by atoms with Gasteiger partial charge in [0.05, 0.1) is 31.3 Å². The summed E-state index contributed by atoms with van der Waals surface area (Å²) in [6, 6.07) is 2.08. The topological polar surface area (TPSA) is 43.8 Å². The molecule has 0 N–H and O–H groups in total. The third kappa shape index (κ3) is 4.66. The van der Waals surface area contributed by atoms with Crippen LogP contribution in [-0.4, -0.2) is 61.0 Å². The Kier molecular flexibility index (Phi) is 7.22. The Morgan fingerprint density at radius 2 is 2.06 bits per heavy atom. The predicted octanol–water partition coefficient (Wildman–Crippen LogP) is 5.17. The number of rotatable bonds is 7. The summed E-state index contributed by atoms with van der Waals surface area (Å²) >= 11 is 1.84. The van der Waals surface area contributed by atoms with Gasteiger partial charge in [0.1, 0.15) is 17.2 Å². The summed E-state index contributed by atoms with van der Waals surface area (Å²) in [6.45, 7) is 9.32. The Hall–Kier alpha value is -1.65. The number of thiophene rings is 1. The summed E-state index contributed by atoms with van der Waals surface area (Å²) in [5.74, 6) is 7.36. The minimum atomic E-state index is 0.280. The van der Waals surface area contributed by atoms with Crippen LogP contribution in [0.15, 0.2) is 12.3 Å². The Labute approximate surface area is 201 Å². The van der Waals surface area contributed by atoms with E-state index < -0.39 is 0 Å². The Morgan fingerprint density at radius 3 is 2.82 bits per heavy atom. The van der Waals surface area contributed by atoms with Crippen molar-refractivity contribution in [1.29, 1.82) is 0 Å². The van der Waals surface area contributed by atoms with Crippen molar-refractivity contribution in [3.8, 4) is 17.6 Å². The maximum absolute atomic E-state index is 6.73. The molecule has 6 heteroatoms. The highest BCUT2D eigenvalue weighted by molar-refractivity contribution is 7.19. The zero-order chi connectivity index (χ0) is 22.7. The average molecular weight is 469 g/mol. The molecule has 1 saturated carbocycles. The molecule has 0 radical (unpaired) electrons. The average Bonchev–Trinajstić information content (AvgIpc) is 3.43. The monoisotopic (exact) mass is 468 g/mol. The van der Waals surface area contributed by atoms with Gasteiger partial charge in [-0.2, -0.15) is 0 Å². The summed E-state index contributed by atoms with van der Waals surface area (Å²) in [7, 11) is 0. The molecule has 3 aliphatic rings. The van der Waals surface area contributed by atoms with Crippen LogP contribution < -0.4 is 4.74 Å². The summed E-state index contributed by atoms with van der Waals surface area (Å²) < 4.78 is 18.2. The van der Waals surface area contributed by atoms with Gasteiger partial charge in [-0.1, -0.05) is 12.8 Å². The van der Waals surface area contributed by atoms with E-state index in [0.717, 1.165) is 69.2 Å². The van der Waals surface area contributed by atoms with Crippen molar-refractivity contribution >= 4 is 21.6 Å². The van der Waals surface area contributed by atoms with Gasteiger partial charge < -0.3 is 14.2 Å². The first-order valence-corrected chi connectivity index (χ1v) is 13.4. The first kappa shape index (κ1) is 23.1. The first-order chi connectivity index (χ1) is 16.2. The van der Waals surface area contributed by atoms with E-state index in [1.54, 1.807) is 0 Å². The van der Waals surface area contributed by atoms with Crippen molar-refractivity contribution in [2.75, 3.05) is 39.5 Å². The molecule has 0 aromatic carbocycles. The molecule has 33 heavy (non-hydrogen) atoms. The highest BCUT2D eigenvalue weighted by Crippen LogP contribution is 2.47. The molecule has 2 aliphatic carbocycles. The number of nitrogens with zero attached hydrogens (tertiary/aromatic N) is 2. The second-order valence-electron chi connectivity index (χ2n) is 9.60. The van der Waals surface area contributed by atoms with E-state index in [0.29, 0.717) is 18.1 Å². The van der Waals surface area contributed by atoms with Crippen LogP contribution in [0.3, 0.4) is 0 Å². The van der Waals surface area contributed by atoms with Gasteiger partial charge in [-0.3, -0.25) is 4.90 Å². The third-order valence-corrected chi connectivity index (χ3v) is 9.14. The molecule has 0 amide bonds. The van der Waals surface area contributed by atoms with Crippen LogP contribution in [0.5, 0.6) is 5.75 Å². The number of morpholine rings is 1. The fourth-order valence-corrected chi connectivity index (χ4v) is 7.33. The van der Waals surface area contributed by atoms with Crippen molar-refractivity contribution in [1.82, 2.24) is 9.88 Å². The molecular weight excluding hydrogens is 432 g/mol. The van der Waals surface area contributed by atoms with Crippen LogP contribution in [-0.2, 0) is 15.9 Å². The molecule has 0 unspecified atom stereocenters. The minimum absolute atomic E-state index is 0.280. The van der Waals surface area contributed by atoms with Crippen LogP contribution in [0.2, 0.25) is 0 Å². The highest BCUT2D eigenvalue weighted by atomic mass is 32.1. The molecule has 0 bridgehead atoms. The number of aryl methyl sites for hydroxylation is 1. The van der Waals surface area contributed by atoms with Gasteiger partial charge in [-0.05, 0) is 63.5 Å². The van der Waals surface area contributed by atoms with Crippen molar-refractivity contribution < 1.29 is 14.2 Å². The van der Waals surface area contributed by atoms with Gasteiger partial charge in [0, 0.05) is 35.6 Å². The summed E-state index contributed by atoms with van der Waals surface area (Å²) in [5, 5.41) is 1.24. The van der Waals surface area contributed by atoms with E-state index in [-0.39, 0.29) is 6.10 Å². The lowest BCUT2D eigenvalue weighted by atomic mass is 9.77. The van der Waals surface area contributed by atoms with E-state index in [1.807, 2.05) is 24.5 Å². The Morgan fingerprint density at radius 1 is 1.24 bits per heavy atom. The second kappa shape index (κ2) is 10.3. The van der Waals surface area contributed by atoms with Crippen molar-refractivity contribution in [3.05, 3.63) is 22.7 Å². The molecule has 0 spiro atoms. The lowest BCUT2D eigenvalue weighted by Crippen LogP contribution is -2.55. The number of ether oxygens (including phenoxy) is 3. The lowest BCUT2D eigenvalue weighted by Gasteiger charge is -2.49. The van der Waals surface area contributed by atoms with Crippen LogP contribution in [0, 0.1) is 11.8 Å². The van der Waals surface area contributed by atoms with E-state index in [9.17, 15) is 0 Å². The SMILES string of the molecule is CC#CCOC[C@H]1CCc2sc3nccc(OC4CCC(CC)(N5CCOCC5)CC4)c3c21. The van der Waals surface area contributed by atoms with E-state index in [4.69, 9.17) is 19.2 Å². The van der Waals surface area contributed by atoms with E-state index >= 15 is 0 Å². The minimum Gasteiger partial charge on any atom is -0.490 e. The number of fused-ring (bicyclic) bond motifs is 3. The summed E-state index contributed by atoms with van der Waals surface area (Å²) in [4.78, 5) is 9.96. The molecule has 178 valence electrons. The molecule has 1 saturated heterocycles. The Bertz CT molecular complexity index is 1010. The zero-order valence-corrected chi connectivity index (χ0v) is 20.8. The largest absolute Gasteiger partial charge is 0.490 e. The quantitative estimate of drug-likeness (QED) is 0.414. The predicted molar refractivity (Wildman–Crippen MR) is 133 cm³/mol. The first-order valence-electron chi connectivity index (χ1n) is 12.6. The van der Waals surface area contributed by atoms with Crippen LogP contribution in [0.4, 0.5) is 0 Å².